The molecule has 0 spiro atoms. The van der Waals surface area contributed by atoms with Gasteiger partial charge >= 0.3 is 0 Å². The predicted octanol–water partition coefficient (Wildman–Crippen LogP) is 9.90. The first-order valence-corrected chi connectivity index (χ1v) is 15.1. The van der Waals surface area contributed by atoms with Gasteiger partial charge in [0.1, 0.15) is 11.5 Å². The zero-order valence-corrected chi connectivity index (χ0v) is 26.9. The summed E-state index contributed by atoms with van der Waals surface area (Å²) in [6.07, 6.45) is 0. The van der Waals surface area contributed by atoms with E-state index >= 15 is 0 Å². The summed E-state index contributed by atoms with van der Waals surface area (Å²) in [7, 11) is 3.83. The fourth-order valence-corrected chi connectivity index (χ4v) is 5.09. The van der Waals surface area contributed by atoms with Crippen LogP contribution in [0.15, 0.2) is 133 Å². The molecule has 4 nitrogen and oxygen atoms in total. The van der Waals surface area contributed by atoms with E-state index in [1.54, 1.807) is 0 Å². The van der Waals surface area contributed by atoms with Crippen LogP contribution in [0.5, 0.6) is 11.5 Å². The Morgan fingerprint density at radius 1 is 0.455 bits per heavy atom. The lowest BCUT2D eigenvalue weighted by molar-refractivity contribution is 0.553. The Balaban J connectivity index is 0.000000175. The Morgan fingerprint density at radius 2 is 0.841 bits per heavy atom. The van der Waals surface area contributed by atoms with Crippen molar-refractivity contribution >= 4 is 67.7 Å². The molecule has 220 valence electrons. The van der Waals surface area contributed by atoms with Crippen molar-refractivity contribution in [2.45, 2.75) is 13.8 Å². The number of hydrogen-bond donors (Lipinski definition) is 0. The van der Waals surface area contributed by atoms with E-state index in [0.29, 0.717) is 10.3 Å². The predicted molar refractivity (Wildman–Crippen MR) is 194 cm³/mol. The molecule has 0 amide bonds. The van der Waals surface area contributed by atoms with Gasteiger partial charge in [0.05, 0.1) is 0 Å². The molecule has 0 fully saturated rings. The van der Waals surface area contributed by atoms with Gasteiger partial charge in [-0.15, -0.1) is 0 Å². The zero-order chi connectivity index (χ0) is 31.1. The average Bonchev–Trinajstić information content (AvgIpc) is 3.04. The smallest absolute Gasteiger partial charge is 0.269 e. The summed E-state index contributed by atoms with van der Waals surface area (Å²) in [5, 5.41) is 5.52. The van der Waals surface area contributed by atoms with Crippen LogP contribution in [0.4, 0.5) is 11.4 Å². The summed E-state index contributed by atoms with van der Waals surface area (Å²) >= 11 is 10.8. The number of hydrogen-bond acceptors (Lipinski definition) is 4. The summed E-state index contributed by atoms with van der Waals surface area (Å²) in [5.41, 5.74) is 4.42. The highest BCUT2D eigenvalue weighted by Crippen LogP contribution is 2.24. The van der Waals surface area contributed by atoms with Crippen molar-refractivity contribution in [3.05, 3.63) is 145 Å². The van der Waals surface area contributed by atoms with Gasteiger partial charge in [0.25, 0.3) is 10.3 Å². The Kier molecular flexibility index (Phi) is 9.85. The lowest BCUT2D eigenvalue weighted by Gasteiger charge is -2.20. The van der Waals surface area contributed by atoms with E-state index in [9.17, 15) is 0 Å². The molecule has 0 heterocycles. The molecule has 44 heavy (non-hydrogen) atoms. The maximum absolute atomic E-state index is 5.84. The van der Waals surface area contributed by atoms with Crippen LogP contribution < -0.4 is 19.3 Å². The molecule has 0 aliphatic heterocycles. The highest BCUT2D eigenvalue weighted by atomic mass is 32.1. The van der Waals surface area contributed by atoms with Crippen molar-refractivity contribution in [3.63, 3.8) is 0 Å². The molecular weight excluding hydrogens is 581 g/mol. The van der Waals surface area contributed by atoms with E-state index in [-0.39, 0.29) is 0 Å². The Hall–Kier alpha value is -4.78. The fourth-order valence-electron chi connectivity index (χ4n) is 4.68. The summed E-state index contributed by atoms with van der Waals surface area (Å²) in [6.45, 7) is 4.12. The van der Waals surface area contributed by atoms with Crippen LogP contribution in [-0.4, -0.2) is 24.4 Å². The summed E-state index contributed by atoms with van der Waals surface area (Å²) in [6, 6.07) is 44.7. The first kappa shape index (κ1) is 30.7. The third-order valence-electron chi connectivity index (χ3n) is 7.18. The van der Waals surface area contributed by atoms with E-state index in [2.05, 4.69) is 62.4 Å². The minimum Gasteiger partial charge on any atom is -0.432 e. The van der Waals surface area contributed by atoms with Crippen molar-refractivity contribution in [1.82, 2.24) is 0 Å². The molecule has 0 unspecified atom stereocenters. The molecule has 6 rings (SSSR count). The Bertz CT molecular complexity index is 1800. The van der Waals surface area contributed by atoms with Gasteiger partial charge in [-0.25, -0.2) is 0 Å². The van der Waals surface area contributed by atoms with Gasteiger partial charge in [0, 0.05) is 25.5 Å². The lowest BCUT2D eigenvalue weighted by Crippen LogP contribution is -2.29. The molecule has 0 radical (unpaired) electrons. The average molecular weight is 615 g/mol. The van der Waals surface area contributed by atoms with Crippen LogP contribution >= 0.6 is 24.4 Å². The van der Waals surface area contributed by atoms with Crippen molar-refractivity contribution in [3.8, 4) is 11.5 Å². The van der Waals surface area contributed by atoms with Crippen LogP contribution in [0.25, 0.3) is 21.5 Å². The van der Waals surface area contributed by atoms with E-state index in [1.165, 1.54) is 21.9 Å². The van der Waals surface area contributed by atoms with E-state index in [0.717, 1.165) is 33.6 Å². The third-order valence-corrected chi connectivity index (χ3v) is 7.89. The van der Waals surface area contributed by atoms with Crippen molar-refractivity contribution in [1.29, 1.82) is 0 Å². The summed E-state index contributed by atoms with van der Waals surface area (Å²) < 4.78 is 11.7. The fraction of sp³-hybridized carbons (Fsp3) is 0.105. The van der Waals surface area contributed by atoms with Crippen LogP contribution in [0.2, 0.25) is 0 Å². The Morgan fingerprint density at radius 3 is 1.23 bits per heavy atom. The first-order valence-electron chi connectivity index (χ1n) is 14.3. The van der Waals surface area contributed by atoms with Crippen LogP contribution in [-0.2, 0) is 0 Å². The van der Waals surface area contributed by atoms with E-state index in [1.807, 2.05) is 109 Å². The van der Waals surface area contributed by atoms with Crippen LogP contribution in [0.3, 0.4) is 0 Å². The van der Waals surface area contributed by atoms with Gasteiger partial charge in [0.2, 0.25) is 0 Å². The molecule has 6 aromatic rings. The van der Waals surface area contributed by atoms with Crippen LogP contribution in [0, 0.1) is 13.8 Å². The normalized spacial score (nSPS) is 10.5. The molecule has 6 heteroatoms. The van der Waals surface area contributed by atoms with Gasteiger partial charge in [0.15, 0.2) is 0 Å². The molecule has 0 aliphatic rings. The topological polar surface area (TPSA) is 24.9 Å². The number of ether oxygens (including phenoxy) is 2. The molecular formula is C38H34N2O2S2. The monoisotopic (exact) mass is 614 g/mol. The standard InChI is InChI=1S/2C19H17NOS/c2*1-14-6-5-9-17(12-14)20(2)19(22)21-18-11-10-15-7-3-4-8-16(15)13-18/h2*3-13H,1-2H3. The molecule has 0 aliphatic carbocycles. The molecule has 0 atom stereocenters. The van der Waals surface area contributed by atoms with Gasteiger partial charge in [-0.2, -0.15) is 0 Å². The second-order valence-electron chi connectivity index (χ2n) is 10.5. The van der Waals surface area contributed by atoms with Gasteiger partial charge in [-0.05, 0) is 119 Å². The number of nitrogens with zero attached hydrogens (tertiary/aromatic N) is 2. The molecule has 0 N–H and O–H groups in total. The number of aryl methyl sites for hydroxylation is 2. The zero-order valence-electron chi connectivity index (χ0n) is 25.2. The maximum Gasteiger partial charge on any atom is 0.269 e. The largest absolute Gasteiger partial charge is 0.432 e. The first-order chi connectivity index (χ1) is 21.3. The van der Waals surface area contributed by atoms with E-state index < -0.39 is 0 Å². The SMILES string of the molecule is Cc1cccc(N(C)C(=S)Oc2ccc3ccccc3c2)c1.Cc1cccc(N(C)C(=S)Oc2ccc3ccccc3c2)c1. The minimum atomic E-state index is 0.431. The van der Waals surface area contributed by atoms with Gasteiger partial charge in [-0.1, -0.05) is 84.9 Å². The molecule has 0 saturated carbocycles. The third kappa shape index (κ3) is 7.78. The van der Waals surface area contributed by atoms with E-state index in [4.69, 9.17) is 33.9 Å². The van der Waals surface area contributed by atoms with Gasteiger partial charge in [-0.3, -0.25) is 0 Å². The number of rotatable bonds is 4. The molecule has 0 saturated heterocycles. The number of fused-ring (bicyclic) bond motifs is 2. The Labute approximate surface area is 270 Å². The maximum atomic E-state index is 5.84. The minimum absolute atomic E-state index is 0.431. The summed E-state index contributed by atoms with van der Waals surface area (Å²) in [5.74, 6) is 1.51. The number of anilines is 2. The van der Waals surface area contributed by atoms with Crippen molar-refractivity contribution < 1.29 is 9.47 Å². The second-order valence-corrected chi connectivity index (χ2v) is 11.2. The summed E-state index contributed by atoms with van der Waals surface area (Å²) in [4.78, 5) is 3.75. The number of benzene rings is 6. The molecule has 0 aromatic heterocycles. The highest BCUT2D eigenvalue weighted by molar-refractivity contribution is 7.80. The van der Waals surface area contributed by atoms with Crippen LogP contribution in [0.1, 0.15) is 11.1 Å². The van der Waals surface area contributed by atoms with Gasteiger partial charge < -0.3 is 19.3 Å². The highest BCUT2D eigenvalue weighted by Gasteiger charge is 2.11. The molecule has 0 bridgehead atoms. The second kappa shape index (κ2) is 14.1. The number of thiocarbonyl (C=S) groups is 2. The lowest BCUT2D eigenvalue weighted by atomic mass is 10.1. The van der Waals surface area contributed by atoms with Crippen molar-refractivity contribution in [2.24, 2.45) is 0 Å². The van der Waals surface area contributed by atoms with Crippen molar-refractivity contribution in [2.75, 3.05) is 23.9 Å². The molecule has 6 aromatic carbocycles. The quantitative estimate of drug-likeness (QED) is 0.183.